The van der Waals surface area contributed by atoms with Crippen LogP contribution in [0.4, 0.5) is 9.52 Å². The van der Waals surface area contributed by atoms with Crippen LogP contribution in [-0.2, 0) is 19.5 Å². The van der Waals surface area contributed by atoms with E-state index in [1.807, 2.05) is 11.4 Å². The third kappa shape index (κ3) is 4.42. The van der Waals surface area contributed by atoms with Crippen molar-refractivity contribution in [3.05, 3.63) is 75.0 Å². The van der Waals surface area contributed by atoms with Crippen LogP contribution in [0.25, 0.3) is 0 Å². The molecule has 0 saturated carbocycles. The van der Waals surface area contributed by atoms with E-state index < -0.39 is 11.7 Å². The van der Waals surface area contributed by atoms with Gasteiger partial charge in [0.25, 0.3) is 5.91 Å². The Balaban J connectivity index is 1.40. The van der Waals surface area contributed by atoms with Crippen molar-refractivity contribution in [1.29, 1.82) is 0 Å². The number of hydrogen-bond acceptors (Lipinski definition) is 5. The topological polar surface area (TPSA) is 54.5 Å². The maximum absolute atomic E-state index is 13.9. The number of ether oxygens (including phenoxy) is 1. The number of methoxy groups -OCH3 is 1. The van der Waals surface area contributed by atoms with Crippen molar-refractivity contribution in [3.8, 4) is 5.75 Å². The first-order valence-electron chi connectivity index (χ1n) is 9.11. The van der Waals surface area contributed by atoms with E-state index in [9.17, 15) is 9.18 Å². The highest BCUT2D eigenvalue weighted by atomic mass is 35.5. The number of fused-ring (bicyclic) bond motifs is 1. The van der Waals surface area contributed by atoms with Crippen LogP contribution < -0.4 is 10.1 Å². The Morgan fingerprint density at radius 2 is 2.21 bits per heavy atom. The molecule has 0 spiro atoms. The van der Waals surface area contributed by atoms with Crippen LogP contribution in [0.15, 0.2) is 41.8 Å². The van der Waals surface area contributed by atoms with Gasteiger partial charge in [0.2, 0.25) is 0 Å². The van der Waals surface area contributed by atoms with E-state index in [-0.39, 0.29) is 10.6 Å². The van der Waals surface area contributed by atoms with Crippen molar-refractivity contribution in [2.45, 2.75) is 19.5 Å². The van der Waals surface area contributed by atoms with Gasteiger partial charge in [-0.2, -0.15) is 0 Å². The number of amides is 1. The molecule has 0 atom stereocenters. The fourth-order valence-corrected chi connectivity index (χ4v) is 4.34. The number of rotatable bonds is 5. The molecule has 3 aromatic rings. The summed E-state index contributed by atoms with van der Waals surface area (Å²) in [5.74, 6) is -0.378. The molecule has 0 bridgehead atoms. The van der Waals surface area contributed by atoms with Gasteiger partial charge >= 0.3 is 0 Å². The van der Waals surface area contributed by atoms with Crippen LogP contribution in [0.3, 0.4) is 0 Å². The summed E-state index contributed by atoms with van der Waals surface area (Å²) in [5, 5.41) is 5.04. The fourth-order valence-electron chi connectivity index (χ4n) is 3.39. The fraction of sp³-hybridized carbons (Fsp3) is 0.238. The van der Waals surface area contributed by atoms with Gasteiger partial charge in [0.1, 0.15) is 11.6 Å². The van der Waals surface area contributed by atoms with E-state index in [0.29, 0.717) is 11.7 Å². The van der Waals surface area contributed by atoms with Gasteiger partial charge in [0.15, 0.2) is 5.13 Å². The Hall–Kier alpha value is -2.48. The Morgan fingerprint density at radius 3 is 3.00 bits per heavy atom. The number of thiazole rings is 1. The van der Waals surface area contributed by atoms with Crippen molar-refractivity contribution in [2.24, 2.45) is 0 Å². The number of carbonyl (C=O) groups is 1. The smallest absolute Gasteiger partial charge is 0.261 e. The predicted octanol–water partition coefficient (Wildman–Crippen LogP) is 4.75. The third-order valence-electron chi connectivity index (χ3n) is 4.85. The summed E-state index contributed by atoms with van der Waals surface area (Å²) in [6.45, 7) is 2.44. The Labute approximate surface area is 177 Å². The van der Waals surface area contributed by atoms with E-state index in [2.05, 4.69) is 27.3 Å². The van der Waals surface area contributed by atoms with Crippen LogP contribution in [0, 0.1) is 5.82 Å². The van der Waals surface area contributed by atoms with E-state index >= 15 is 0 Å². The van der Waals surface area contributed by atoms with Gasteiger partial charge in [-0.1, -0.05) is 23.7 Å². The number of halogens is 2. The molecule has 2 heterocycles. The van der Waals surface area contributed by atoms with Gasteiger partial charge in [-0.15, -0.1) is 11.3 Å². The summed E-state index contributed by atoms with van der Waals surface area (Å²) >= 11 is 7.26. The summed E-state index contributed by atoms with van der Waals surface area (Å²) in [6, 6.07) is 10.3. The number of anilines is 1. The van der Waals surface area contributed by atoms with Crippen molar-refractivity contribution in [1.82, 2.24) is 9.88 Å². The number of benzene rings is 2. The van der Waals surface area contributed by atoms with Crippen LogP contribution in [0.5, 0.6) is 5.75 Å². The molecule has 1 aliphatic rings. The predicted molar refractivity (Wildman–Crippen MR) is 112 cm³/mol. The van der Waals surface area contributed by atoms with Gasteiger partial charge in [-0.25, -0.2) is 9.37 Å². The molecule has 0 aliphatic carbocycles. The molecule has 0 radical (unpaired) electrons. The highest BCUT2D eigenvalue weighted by Gasteiger charge is 2.20. The second-order valence-electron chi connectivity index (χ2n) is 6.79. The first-order valence-corrected chi connectivity index (χ1v) is 10.4. The Morgan fingerprint density at radius 1 is 1.34 bits per heavy atom. The van der Waals surface area contributed by atoms with Crippen LogP contribution in [-0.4, -0.2) is 29.4 Å². The summed E-state index contributed by atoms with van der Waals surface area (Å²) in [7, 11) is 1.68. The average molecular weight is 432 g/mol. The minimum Gasteiger partial charge on any atom is -0.497 e. The molecule has 1 aromatic heterocycles. The molecule has 5 nitrogen and oxygen atoms in total. The molecule has 0 saturated heterocycles. The minimum absolute atomic E-state index is 0.0721. The molecule has 4 rings (SSSR count). The molecule has 0 fully saturated rings. The average Bonchev–Trinajstić information content (AvgIpc) is 3.14. The zero-order valence-electron chi connectivity index (χ0n) is 15.7. The number of nitrogens with one attached hydrogen (secondary N) is 1. The lowest BCUT2D eigenvalue weighted by atomic mass is 9.99. The van der Waals surface area contributed by atoms with Crippen LogP contribution in [0.1, 0.15) is 27.2 Å². The maximum Gasteiger partial charge on any atom is 0.261 e. The highest BCUT2D eigenvalue weighted by Crippen LogP contribution is 2.26. The molecular formula is C21H19ClFN3O2S. The lowest BCUT2D eigenvalue weighted by molar-refractivity contribution is 0.102. The SMILES string of the molecule is COc1ccc2c(c1)CCN(Cc1csc(NC(=O)c3c(F)cccc3Cl)n1)C2. The Kier molecular flexibility index (Phi) is 5.80. The van der Waals surface area contributed by atoms with E-state index in [1.165, 1.54) is 40.7 Å². The van der Waals surface area contributed by atoms with E-state index in [4.69, 9.17) is 16.3 Å². The van der Waals surface area contributed by atoms with Crippen molar-refractivity contribution < 1.29 is 13.9 Å². The number of carbonyl (C=O) groups excluding carboxylic acids is 1. The van der Waals surface area contributed by atoms with Gasteiger partial charge in [-0.3, -0.25) is 15.0 Å². The largest absolute Gasteiger partial charge is 0.497 e. The molecule has 1 N–H and O–H groups in total. The standard InChI is InChI=1S/C21H19ClFN3O2S/c1-28-16-6-5-14-10-26(8-7-13(14)9-16)11-15-12-29-21(24-15)25-20(27)19-17(22)3-2-4-18(19)23/h2-6,9,12H,7-8,10-11H2,1H3,(H,24,25,27). The van der Waals surface area contributed by atoms with Crippen LogP contribution >= 0.6 is 22.9 Å². The molecule has 0 unspecified atom stereocenters. The van der Waals surface area contributed by atoms with Crippen molar-refractivity contribution in [3.63, 3.8) is 0 Å². The lowest BCUT2D eigenvalue weighted by Crippen LogP contribution is -2.30. The molecule has 1 aliphatic heterocycles. The van der Waals surface area contributed by atoms with Crippen molar-refractivity contribution >= 4 is 34.0 Å². The summed E-state index contributed by atoms with van der Waals surface area (Å²) in [5.41, 5.74) is 3.29. The van der Waals surface area contributed by atoms with Crippen molar-refractivity contribution in [2.75, 3.05) is 19.0 Å². The number of aromatic nitrogens is 1. The highest BCUT2D eigenvalue weighted by molar-refractivity contribution is 7.14. The zero-order valence-corrected chi connectivity index (χ0v) is 17.3. The zero-order chi connectivity index (χ0) is 20.4. The maximum atomic E-state index is 13.9. The van der Waals surface area contributed by atoms with E-state index in [0.717, 1.165) is 31.0 Å². The minimum atomic E-state index is -0.657. The normalized spacial score (nSPS) is 13.8. The Bertz CT molecular complexity index is 1040. The third-order valence-corrected chi connectivity index (χ3v) is 5.97. The van der Waals surface area contributed by atoms with Gasteiger partial charge < -0.3 is 4.74 Å². The second-order valence-corrected chi connectivity index (χ2v) is 8.06. The summed E-state index contributed by atoms with van der Waals surface area (Å²) in [6.07, 6.45) is 0.950. The quantitative estimate of drug-likeness (QED) is 0.633. The summed E-state index contributed by atoms with van der Waals surface area (Å²) in [4.78, 5) is 19.1. The van der Waals surface area contributed by atoms with Crippen LogP contribution in [0.2, 0.25) is 5.02 Å². The molecular weight excluding hydrogens is 413 g/mol. The molecule has 1 amide bonds. The first-order chi connectivity index (χ1) is 14.0. The first kappa shape index (κ1) is 19.8. The molecule has 150 valence electrons. The number of hydrogen-bond donors (Lipinski definition) is 1. The van der Waals surface area contributed by atoms with Gasteiger partial charge in [0, 0.05) is 25.0 Å². The number of nitrogens with zero attached hydrogens (tertiary/aromatic N) is 2. The monoisotopic (exact) mass is 431 g/mol. The lowest BCUT2D eigenvalue weighted by Gasteiger charge is -2.28. The second kappa shape index (κ2) is 8.49. The molecule has 2 aromatic carbocycles. The van der Waals surface area contributed by atoms with Gasteiger partial charge in [-0.05, 0) is 41.8 Å². The summed E-state index contributed by atoms with van der Waals surface area (Å²) < 4.78 is 19.2. The molecule has 8 heteroatoms. The van der Waals surface area contributed by atoms with E-state index in [1.54, 1.807) is 7.11 Å². The van der Waals surface area contributed by atoms with Gasteiger partial charge in [0.05, 0.1) is 23.4 Å². The molecule has 29 heavy (non-hydrogen) atoms.